The number of amides is 1. The molecule has 0 aliphatic heterocycles. The van der Waals surface area contributed by atoms with Crippen molar-refractivity contribution in [3.63, 3.8) is 0 Å². The first-order valence-electron chi connectivity index (χ1n) is 4.67. The minimum absolute atomic E-state index is 0.0335. The highest BCUT2D eigenvalue weighted by Gasteiger charge is 2.13. The maximum Gasteiger partial charge on any atom is 0.282 e. The first-order valence-corrected chi connectivity index (χ1v) is 5.48. The molecular formula is C11H12N2OS. The zero-order valence-electron chi connectivity index (χ0n) is 8.94. The van der Waals surface area contributed by atoms with E-state index < -0.39 is 0 Å². The number of nitrogens with zero attached hydrogens (tertiary/aromatic N) is 2. The molecule has 2 aromatic rings. The lowest BCUT2D eigenvalue weighted by molar-refractivity contribution is 0.0827. The second-order valence-electron chi connectivity index (χ2n) is 3.69. The molecule has 15 heavy (non-hydrogen) atoms. The first-order chi connectivity index (χ1) is 7.08. The molecule has 1 amide bonds. The summed E-state index contributed by atoms with van der Waals surface area (Å²) in [5.74, 6) is -0.0335. The zero-order chi connectivity index (χ0) is 11.0. The van der Waals surface area contributed by atoms with Gasteiger partial charge in [0.05, 0.1) is 10.2 Å². The Bertz CT molecular complexity index is 516. The normalized spacial score (nSPS) is 10.6. The molecule has 1 aromatic heterocycles. The van der Waals surface area contributed by atoms with E-state index in [4.69, 9.17) is 0 Å². The fraction of sp³-hybridized carbons (Fsp3) is 0.273. The minimum Gasteiger partial charge on any atom is -0.343 e. The lowest BCUT2D eigenvalue weighted by atomic mass is 10.2. The Balaban J connectivity index is 2.52. The van der Waals surface area contributed by atoms with Crippen molar-refractivity contribution in [2.24, 2.45) is 0 Å². The quantitative estimate of drug-likeness (QED) is 0.739. The first kappa shape index (κ1) is 10.1. The number of rotatable bonds is 1. The lowest BCUT2D eigenvalue weighted by Gasteiger charge is -2.05. The molecule has 0 spiro atoms. The molecule has 1 aromatic carbocycles. The molecule has 0 bridgehead atoms. The molecule has 4 heteroatoms. The van der Waals surface area contributed by atoms with Gasteiger partial charge in [0, 0.05) is 14.1 Å². The van der Waals surface area contributed by atoms with Gasteiger partial charge in [-0.1, -0.05) is 6.07 Å². The summed E-state index contributed by atoms with van der Waals surface area (Å²) in [5.41, 5.74) is 2.07. The average molecular weight is 220 g/mol. The average Bonchev–Trinajstić information content (AvgIpc) is 2.58. The second-order valence-corrected chi connectivity index (χ2v) is 4.72. The summed E-state index contributed by atoms with van der Waals surface area (Å²) >= 11 is 1.44. The summed E-state index contributed by atoms with van der Waals surface area (Å²) in [7, 11) is 3.47. The van der Waals surface area contributed by atoms with Crippen molar-refractivity contribution in [2.75, 3.05) is 14.1 Å². The Morgan fingerprint density at radius 3 is 2.80 bits per heavy atom. The fourth-order valence-corrected chi connectivity index (χ4v) is 2.29. The maximum absolute atomic E-state index is 11.7. The summed E-state index contributed by atoms with van der Waals surface area (Å²) < 4.78 is 1.06. The van der Waals surface area contributed by atoms with E-state index >= 15 is 0 Å². The number of aryl methyl sites for hydroxylation is 1. The number of fused-ring (bicyclic) bond motifs is 1. The molecule has 0 aliphatic rings. The summed E-state index contributed by atoms with van der Waals surface area (Å²) in [4.78, 5) is 17.5. The van der Waals surface area contributed by atoms with Crippen LogP contribution in [0.3, 0.4) is 0 Å². The monoisotopic (exact) mass is 220 g/mol. The van der Waals surface area contributed by atoms with Crippen LogP contribution < -0.4 is 0 Å². The molecule has 0 unspecified atom stereocenters. The minimum atomic E-state index is -0.0335. The molecule has 3 nitrogen and oxygen atoms in total. The number of thiazole rings is 1. The van der Waals surface area contributed by atoms with Crippen LogP contribution in [0, 0.1) is 6.92 Å². The van der Waals surface area contributed by atoms with Gasteiger partial charge in [-0.2, -0.15) is 0 Å². The van der Waals surface area contributed by atoms with E-state index in [1.807, 2.05) is 25.1 Å². The van der Waals surface area contributed by atoms with Gasteiger partial charge < -0.3 is 4.90 Å². The molecule has 0 atom stereocenters. The number of aromatic nitrogens is 1. The lowest BCUT2D eigenvalue weighted by Crippen LogP contribution is -2.21. The Morgan fingerprint density at radius 2 is 2.13 bits per heavy atom. The molecular weight excluding hydrogens is 208 g/mol. The van der Waals surface area contributed by atoms with Crippen molar-refractivity contribution in [1.29, 1.82) is 0 Å². The summed E-state index contributed by atoms with van der Waals surface area (Å²) in [6.45, 7) is 2.02. The molecule has 0 saturated carbocycles. The van der Waals surface area contributed by atoms with E-state index in [0.29, 0.717) is 5.01 Å². The second kappa shape index (κ2) is 3.62. The number of hydrogen-bond acceptors (Lipinski definition) is 3. The van der Waals surface area contributed by atoms with Gasteiger partial charge >= 0.3 is 0 Å². The van der Waals surface area contributed by atoms with E-state index in [1.165, 1.54) is 11.3 Å². The van der Waals surface area contributed by atoms with Crippen molar-refractivity contribution >= 4 is 27.5 Å². The molecule has 78 valence electrons. The summed E-state index contributed by atoms with van der Waals surface area (Å²) in [5, 5.41) is 0.556. The molecule has 1 heterocycles. The van der Waals surface area contributed by atoms with Gasteiger partial charge in [0.15, 0.2) is 5.01 Å². The Kier molecular flexibility index (Phi) is 2.44. The Labute approximate surface area is 92.4 Å². The largest absolute Gasteiger partial charge is 0.343 e. The summed E-state index contributed by atoms with van der Waals surface area (Å²) in [6, 6.07) is 6.04. The van der Waals surface area contributed by atoms with Gasteiger partial charge in [0.25, 0.3) is 5.91 Å². The van der Waals surface area contributed by atoms with Gasteiger partial charge in [0.2, 0.25) is 0 Å². The van der Waals surface area contributed by atoms with Crippen molar-refractivity contribution in [2.45, 2.75) is 6.92 Å². The van der Waals surface area contributed by atoms with Gasteiger partial charge in [0.1, 0.15) is 0 Å². The molecule has 2 rings (SSSR count). The standard InChI is InChI=1S/C11H12N2OS/c1-7-4-5-9-8(6-7)12-10(15-9)11(14)13(2)3/h4-6H,1-3H3. The van der Waals surface area contributed by atoms with E-state index in [9.17, 15) is 4.79 Å². The molecule has 0 saturated heterocycles. The third-order valence-corrected chi connectivity index (χ3v) is 3.16. The number of carbonyl (C=O) groups is 1. The maximum atomic E-state index is 11.7. The van der Waals surface area contributed by atoms with Crippen molar-refractivity contribution in [3.05, 3.63) is 28.8 Å². The Morgan fingerprint density at radius 1 is 1.40 bits per heavy atom. The van der Waals surface area contributed by atoms with Crippen LogP contribution in [-0.4, -0.2) is 29.9 Å². The smallest absolute Gasteiger partial charge is 0.282 e. The molecule has 0 aliphatic carbocycles. The topological polar surface area (TPSA) is 33.2 Å². The molecule has 0 fully saturated rings. The number of benzene rings is 1. The SMILES string of the molecule is Cc1ccc2sc(C(=O)N(C)C)nc2c1. The third-order valence-electron chi connectivity index (χ3n) is 2.13. The van der Waals surface area contributed by atoms with E-state index in [1.54, 1.807) is 19.0 Å². The predicted molar refractivity (Wildman–Crippen MR) is 62.4 cm³/mol. The van der Waals surface area contributed by atoms with Crippen LogP contribution >= 0.6 is 11.3 Å². The van der Waals surface area contributed by atoms with Crippen LogP contribution in [0.25, 0.3) is 10.2 Å². The van der Waals surface area contributed by atoms with Gasteiger partial charge in [-0.25, -0.2) is 4.98 Å². The fourth-order valence-electron chi connectivity index (χ4n) is 1.32. The van der Waals surface area contributed by atoms with Crippen LogP contribution in [-0.2, 0) is 0 Å². The molecule has 0 radical (unpaired) electrons. The van der Waals surface area contributed by atoms with E-state index in [2.05, 4.69) is 4.98 Å². The van der Waals surface area contributed by atoms with Crippen LogP contribution in [0.1, 0.15) is 15.4 Å². The van der Waals surface area contributed by atoms with Crippen LogP contribution in [0.2, 0.25) is 0 Å². The van der Waals surface area contributed by atoms with Crippen LogP contribution in [0.15, 0.2) is 18.2 Å². The van der Waals surface area contributed by atoms with Gasteiger partial charge in [-0.05, 0) is 24.6 Å². The number of carbonyl (C=O) groups excluding carboxylic acids is 1. The van der Waals surface area contributed by atoms with Gasteiger partial charge in [-0.15, -0.1) is 11.3 Å². The zero-order valence-corrected chi connectivity index (χ0v) is 9.76. The van der Waals surface area contributed by atoms with E-state index in [-0.39, 0.29) is 5.91 Å². The van der Waals surface area contributed by atoms with Crippen molar-refractivity contribution in [3.8, 4) is 0 Å². The van der Waals surface area contributed by atoms with Crippen LogP contribution in [0.5, 0.6) is 0 Å². The van der Waals surface area contributed by atoms with Gasteiger partial charge in [-0.3, -0.25) is 4.79 Å². The Hall–Kier alpha value is -1.42. The highest BCUT2D eigenvalue weighted by atomic mass is 32.1. The summed E-state index contributed by atoms with van der Waals surface area (Å²) in [6.07, 6.45) is 0. The van der Waals surface area contributed by atoms with Crippen molar-refractivity contribution < 1.29 is 4.79 Å². The highest BCUT2D eigenvalue weighted by molar-refractivity contribution is 7.20. The van der Waals surface area contributed by atoms with E-state index in [0.717, 1.165) is 15.8 Å². The number of hydrogen-bond donors (Lipinski definition) is 0. The highest BCUT2D eigenvalue weighted by Crippen LogP contribution is 2.23. The third kappa shape index (κ3) is 1.85. The predicted octanol–water partition coefficient (Wildman–Crippen LogP) is 2.31. The van der Waals surface area contributed by atoms with Crippen molar-refractivity contribution in [1.82, 2.24) is 9.88 Å². The van der Waals surface area contributed by atoms with Crippen LogP contribution in [0.4, 0.5) is 0 Å². The molecule has 0 N–H and O–H groups in total.